The van der Waals surface area contributed by atoms with Crippen LogP contribution in [-0.2, 0) is 36.2 Å². The lowest BCUT2D eigenvalue weighted by atomic mass is 10.2. The van der Waals surface area contributed by atoms with E-state index >= 15 is 0 Å². The van der Waals surface area contributed by atoms with Crippen molar-refractivity contribution in [2.75, 3.05) is 25.5 Å². The van der Waals surface area contributed by atoms with E-state index in [0.29, 0.717) is 5.56 Å². The Morgan fingerprint density at radius 1 is 1.18 bits per heavy atom. The van der Waals surface area contributed by atoms with Crippen LogP contribution in [0, 0.1) is 12.7 Å². The number of fused-ring (bicyclic) bond motifs is 1. The molecule has 15 heteroatoms. The van der Waals surface area contributed by atoms with Crippen LogP contribution in [0.5, 0.6) is 5.75 Å². The Labute approximate surface area is 221 Å². The Bertz CT molecular complexity index is 1540. The number of benzene rings is 2. The smallest absolute Gasteiger partial charge is 0.406 e. The molecule has 39 heavy (non-hydrogen) atoms. The number of nitrogens with two attached hydrogens (primary N) is 1. The number of aromatic amines is 1. The van der Waals surface area contributed by atoms with E-state index in [1.165, 1.54) is 29.1 Å². The van der Waals surface area contributed by atoms with Gasteiger partial charge in [0.1, 0.15) is 17.9 Å². The van der Waals surface area contributed by atoms with E-state index in [0.717, 1.165) is 5.56 Å². The van der Waals surface area contributed by atoms with Crippen molar-refractivity contribution in [1.29, 1.82) is 0 Å². The highest BCUT2D eigenvalue weighted by molar-refractivity contribution is 7.53. The number of nitrogens with one attached hydrogen (secondary N) is 1. The van der Waals surface area contributed by atoms with Crippen LogP contribution in [0.15, 0.2) is 59.7 Å². The first kappa shape index (κ1) is 27.9. The zero-order valence-electron chi connectivity index (χ0n) is 20.7. The van der Waals surface area contributed by atoms with Crippen molar-refractivity contribution in [3.8, 4) is 5.75 Å². The van der Waals surface area contributed by atoms with Gasteiger partial charge in [-0.05, 0) is 36.8 Å². The average molecular weight is 561 g/mol. The first-order valence-corrected chi connectivity index (χ1v) is 13.3. The number of hydrogen-bond acceptors (Lipinski definition) is 11. The van der Waals surface area contributed by atoms with Crippen LogP contribution in [-0.4, -0.2) is 45.4 Å². The molecule has 0 spiro atoms. The summed E-state index contributed by atoms with van der Waals surface area (Å²) in [6.07, 6.45) is -0.216. The van der Waals surface area contributed by atoms with Gasteiger partial charge in [0.2, 0.25) is 12.7 Å². The van der Waals surface area contributed by atoms with Crippen molar-refractivity contribution in [2.24, 2.45) is 0 Å². The predicted molar refractivity (Wildman–Crippen MR) is 136 cm³/mol. The lowest BCUT2D eigenvalue weighted by molar-refractivity contribution is 0.0154. The van der Waals surface area contributed by atoms with Gasteiger partial charge >= 0.3 is 13.8 Å². The van der Waals surface area contributed by atoms with Gasteiger partial charge in [-0.3, -0.25) is 18.9 Å². The molecule has 2 heterocycles. The molecular weight excluding hydrogens is 536 g/mol. The number of nitrogen functional groups attached to an aromatic ring is 1. The Morgan fingerprint density at radius 2 is 1.97 bits per heavy atom. The topological polar surface area (TPSA) is 170 Å². The fourth-order valence-electron chi connectivity index (χ4n) is 3.27. The van der Waals surface area contributed by atoms with Crippen molar-refractivity contribution in [2.45, 2.75) is 20.1 Å². The molecule has 0 saturated heterocycles. The number of halogens is 1. The summed E-state index contributed by atoms with van der Waals surface area (Å²) in [4.78, 5) is 34.3. The van der Waals surface area contributed by atoms with E-state index in [9.17, 15) is 18.5 Å². The molecule has 0 fully saturated rings. The minimum Gasteiger partial charge on any atom is -0.406 e. The number of aryl methyl sites for hydroxylation is 1. The monoisotopic (exact) mass is 561 g/mol. The zero-order valence-corrected chi connectivity index (χ0v) is 21.6. The molecule has 0 bridgehead atoms. The highest BCUT2D eigenvalue weighted by Gasteiger charge is 2.27. The van der Waals surface area contributed by atoms with Gasteiger partial charge in [0.25, 0.3) is 5.56 Å². The van der Waals surface area contributed by atoms with E-state index in [2.05, 4.69) is 15.0 Å². The Hall–Kier alpha value is -4.10. The van der Waals surface area contributed by atoms with E-state index in [-0.39, 0.29) is 42.6 Å². The minimum absolute atomic E-state index is 0.00710. The van der Waals surface area contributed by atoms with Gasteiger partial charge in [0, 0.05) is 6.54 Å². The molecule has 1 atom stereocenters. The van der Waals surface area contributed by atoms with E-state index in [4.69, 9.17) is 29.0 Å². The third-order valence-electron chi connectivity index (χ3n) is 5.18. The fourth-order valence-corrected chi connectivity index (χ4v) is 4.41. The highest BCUT2D eigenvalue weighted by Crippen LogP contribution is 2.49. The summed E-state index contributed by atoms with van der Waals surface area (Å²) in [6, 6.07) is 12.2. The van der Waals surface area contributed by atoms with Crippen LogP contribution in [0.4, 0.5) is 15.1 Å². The Morgan fingerprint density at radius 3 is 2.74 bits per heavy atom. The molecule has 13 nitrogen and oxygen atoms in total. The molecule has 3 N–H and O–H groups in total. The summed E-state index contributed by atoms with van der Waals surface area (Å²) in [5.74, 6) is -0.310. The second-order valence-corrected chi connectivity index (χ2v) is 10.2. The molecule has 2 aromatic carbocycles. The Balaban J connectivity index is 1.34. The number of H-pyrrole nitrogens is 1. The minimum atomic E-state index is -4.01. The third-order valence-corrected chi connectivity index (χ3v) is 6.70. The molecular formula is C24H25FN5O8P. The van der Waals surface area contributed by atoms with E-state index in [1.807, 2.05) is 6.92 Å². The maximum Gasteiger partial charge on any atom is 0.515 e. The Kier molecular flexibility index (Phi) is 9.04. The second-order valence-electron chi connectivity index (χ2n) is 8.17. The van der Waals surface area contributed by atoms with Crippen molar-refractivity contribution in [3.63, 3.8) is 0 Å². The number of rotatable bonds is 12. The van der Waals surface area contributed by atoms with Crippen LogP contribution >= 0.6 is 7.60 Å². The van der Waals surface area contributed by atoms with Crippen molar-refractivity contribution >= 4 is 30.9 Å². The van der Waals surface area contributed by atoms with Crippen LogP contribution in [0.2, 0.25) is 0 Å². The normalized spacial score (nSPS) is 12.8. The van der Waals surface area contributed by atoms with Crippen LogP contribution < -0.4 is 16.0 Å². The molecule has 0 aliphatic heterocycles. The number of anilines is 1. The summed E-state index contributed by atoms with van der Waals surface area (Å²) < 4.78 is 54.5. The van der Waals surface area contributed by atoms with E-state index in [1.54, 1.807) is 30.3 Å². The van der Waals surface area contributed by atoms with Gasteiger partial charge in [-0.2, -0.15) is 4.98 Å². The summed E-state index contributed by atoms with van der Waals surface area (Å²) in [7, 11) is -4.01. The first-order chi connectivity index (χ1) is 18.7. The van der Waals surface area contributed by atoms with Crippen LogP contribution in [0.25, 0.3) is 11.2 Å². The molecule has 0 aliphatic carbocycles. The number of aromatic nitrogens is 4. The summed E-state index contributed by atoms with van der Waals surface area (Å²) in [6.45, 7) is 1.03. The van der Waals surface area contributed by atoms with Gasteiger partial charge in [-0.1, -0.05) is 29.8 Å². The predicted octanol–water partition coefficient (Wildman–Crippen LogP) is 3.72. The molecule has 2 aromatic heterocycles. The number of imidazole rings is 1. The molecule has 206 valence electrons. The number of ether oxygens (including phenoxy) is 3. The molecule has 1 unspecified atom stereocenters. The summed E-state index contributed by atoms with van der Waals surface area (Å²) >= 11 is 0. The lowest BCUT2D eigenvalue weighted by Gasteiger charge is -2.18. The molecule has 4 rings (SSSR count). The number of hydrogen-bond donors (Lipinski definition) is 2. The molecule has 0 amide bonds. The zero-order chi connectivity index (χ0) is 27.8. The molecule has 0 saturated carbocycles. The number of carbonyl (C=O) groups excluding carboxylic acids is 1. The van der Waals surface area contributed by atoms with E-state index < -0.39 is 38.3 Å². The van der Waals surface area contributed by atoms with Crippen molar-refractivity contribution in [1.82, 2.24) is 19.5 Å². The maximum absolute atomic E-state index is 13.5. The summed E-state index contributed by atoms with van der Waals surface area (Å²) in [5, 5.41) is 0. The van der Waals surface area contributed by atoms with Gasteiger partial charge in [0.15, 0.2) is 11.2 Å². The molecule has 0 aliphatic rings. The third kappa shape index (κ3) is 7.94. The van der Waals surface area contributed by atoms with Crippen LogP contribution in [0.3, 0.4) is 0 Å². The highest BCUT2D eigenvalue weighted by atomic mass is 31.2. The standard InChI is InChI=1S/C24H25FN5O8P/c1-16-5-7-19(8-6-16)38-24(32)35-14-37-39(33,36-12-17-3-2-4-18(25)11-17)15-34-10-9-30-13-27-20-21(30)28-23(26)29-22(20)31/h2-8,11,13H,9-10,12,14-15H2,1H3,(H3,26,28,29,31). The first-order valence-electron chi connectivity index (χ1n) is 11.5. The largest absolute Gasteiger partial charge is 0.515 e. The van der Waals surface area contributed by atoms with Gasteiger partial charge in [-0.25, -0.2) is 14.2 Å². The van der Waals surface area contributed by atoms with Crippen molar-refractivity contribution in [3.05, 3.63) is 82.2 Å². The maximum atomic E-state index is 13.5. The van der Waals surface area contributed by atoms with Gasteiger partial charge in [-0.15, -0.1) is 0 Å². The van der Waals surface area contributed by atoms with Gasteiger partial charge < -0.3 is 29.0 Å². The van der Waals surface area contributed by atoms with Crippen molar-refractivity contribution < 1.29 is 37.0 Å². The van der Waals surface area contributed by atoms with Gasteiger partial charge in [0.05, 0.1) is 19.5 Å². The fraction of sp³-hybridized carbons (Fsp3) is 0.250. The molecule has 0 radical (unpaired) electrons. The SMILES string of the molecule is Cc1ccc(OC(=O)OCOP(=O)(COCCn2cnc3c(=O)[nH]c(N)nc32)OCc2cccc(F)c2)cc1. The average Bonchev–Trinajstić information content (AvgIpc) is 3.30. The summed E-state index contributed by atoms with van der Waals surface area (Å²) in [5.41, 5.74) is 6.84. The number of carbonyl (C=O) groups is 1. The molecule has 4 aromatic rings. The lowest BCUT2D eigenvalue weighted by Crippen LogP contribution is -2.15. The number of nitrogens with zero attached hydrogens (tertiary/aromatic N) is 3. The second kappa shape index (κ2) is 12.6. The van der Waals surface area contributed by atoms with Crippen LogP contribution in [0.1, 0.15) is 11.1 Å². The quantitative estimate of drug-likeness (QED) is 0.0849.